The van der Waals surface area contributed by atoms with Gasteiger partial charge in [-0.15, -0.1) is 12.4 Å². The van der Waals surface area contributed by atoms with Crippen LogP contribution in [0.15, 0.2) is 42.5 Å². The third-order valence-corrected chi connectivity index (χ3v) is 3.90. The van der Waals surface area contributed by atoms with Crippen LogP contribution in [0.4, 0.5) is 0 Å². The van der Waals surface area contributed by atoms with Crippen LogP contribution in [0.5, 0.6) is 11.5 Å². The van der Waals surface area contributed by atoms with Crippen molar-refractivity contribution in [3.8, 4) is 11.5 Å². The summed E-state index contributed by atoms with van der Waals surface area (Å²) in [5.74, 6) is 1.82. The first-order valence-electron chi connectivity index (χ1n) is 8.06. The van der Waals surface area contributed by atoms with E-state index in [-0.39, 0.29) is 19.0 Å². The second kappa shape index (κ2) is 8.92. The van der Waals surface area contributed by atoms with Gasteiger partial charge in [0.15, 0.2) is 0 Å². The van der Waals surface area contributed by atoms with E-state index in [1.54, 1.807) is 0 Å². The predicted molar refractivity (Wildman–Crippen MR) is 97.1 cm³/mol. The molecule has 1 heterocycles. The minimum absolute atomic E-state index is 0. The van der Waals surface area contributed by atoms with Gasteiger partial charge in [0.2, 0.25) is 0 Å². The molecular weight excluding hydrogens is 326 g/mol. The molecule has 24 heavy (non-hydrogen) atoms. The maximum Gasteiger partial charge on any atom is 0.123 e. The van der Waals surface area contributed by atoms with E-state index in [0.29, 0.717) is 12.7 Å². The number of hydrogen-bond donors (Lipinski definition) is 2. The predicted octanol–water partition coefficient (Wildman–Crippen LogP) is 3.09. The highest BCUT2D eigenvalue weighted by molar-refractivity contribution is 5.85. The number of hydrogen-bond acceptors (Lipinski definition) is 4. The minimum Gasteiger partial charge on any atom is -0.491 e. The highest BCUT2D eigenvalue weighted by Gasteiger charge is 2.18. The Labute approximate surface area is 149 Å². The Hall–Kier alpha value is -1.75. The molecule has 130 valence electrons. The van der Waals surface area contributed by atoms with Crippen molar-refractivity contribution in [2.45, 2.75) is 32.5 Å². The summed E-state index contributed by atoms with van der Waals surface area (Å²) in [6, 6.07) is 14.4. The van der Waals surface area contributed by atoms with E-state index in [1.807, 2.05) is 24.3 Å². The van der Waals surface area contributed by atoms with Gasteiger partial charge in [0.25, 0.3) is 0 Å². The van der Waals surface area contributed by atoms with Gasteiger partial charge in [-0.05, 0) is 41.8 Å². The molecule has 1 atom stereocenters. The average molecular weight is 350 g/mol. The maximum absolute atomic E-state index is 8.74. The first-order valence-corrected chi connectivity index (χ1v) is 8.06. The van der Waals surface area contributed by atoms with Gasteiger partial charge < -0.3 is 19.9 Å². The third kappa shape index (κ3) is 4.87. The van der Waals surface area contributed by atoms with Crippen molar-refractivity contribution in [1.82, 2.24) is 5.32 Å². The molecule has 0 bridgehead atoms. The molecule has 2 aromatic carbocycles. The molecule has 5 heteroatoms. The Kier molecular flexibility index (Phi) is 6.91. The summed E-state index contributed by atoms with van der Waals surface area (Å²) in [7, 11) is 0. The first-order chi connectivity index (χ1) is 11.2. The SMILES string of the molecule is CC1Cc2cc(CNCc3ccc(OCCO)cc3)ccc2O1.Cl. The number of rotatable bonds is 7. The molecule has 0 aliphatic carbocycles. The maximum atomic E-state index is 8.74. The summed E-state index contributed by atoms with van der Waals surface area (Å²) in [6.07, 6.45) is 1.29. The number of aliphatic hydroxyl groups is 1. The molecule has 0 aromatic heterocycles. The number of halogens is 1. The van der Waals surface area contributed by atoms with Gasteiger partial charge in [0.1, 0.15) is 24.2 Å². The van der Waals surface area contributed by atoms with Crippen LogP contribution in [-0.2, 0) is 19.5 Å². The Morgan fingerprint density at radius 3 is 2.58 bits per heavy atom. The molecule has 3 rings (SSSR count). The van der Waals surface area contributed by atoms with E-state index < -0.39 is 0 Å². The summed E-state index contributed by atoms with van der Waals surface area (Å²) >= 11 is 0. The van der Waals surface area contributed by atoms with Gasteiger partial charge in [-0.1, -0.05) is 24.3 Å². The zero-order valence-electron chi connectivity index (χ0n) is 13.8. The van der Waals surface area contributed by atoms with Crippen molar-refractivity contribution in [3.05, 3.63) is 59.2 Å². The lowest BCUT2D eigenvalue weighted by molar-refractivity contribution is 0.201. The molecule has 2 N–H and O–H groups in total. The number of nitrogens with one attached hydrogen (secondary N) is 1. The number of benzene rings is 2. The van der Waals surface area contributed by atoms with Crippen LogP contribution < -0.4 is 14.8 Å². The summed E-state index contributed by atoms with van der Waals surface area (Å²) in [5.41, 5.74) is 3.80. The molecule has 0 spiro atoms. The highest BCUT2D eigenvalue weighted by atomic mass is 35.5. The average Bonchev–Trinajstić information content (AvgIpc) is 2.93. The van der Waals surface area contributed by atoms with E-state index in [2.05, 4.69) is 30.4 Å². The fourth-order valence-electron chi connectivity index (χ4n) is 2.80. The molecule has 2 aromatic rings. The van der Waals surface area contributed by atoms with E-state index in [9.17, 15) is 0 Å². The summed E-state index contributed by atoms with van der Waals surface area (Å²) in [4.78, 5) is 0. The van der Waals surface area contributed by atoms with Crippen LogP contribution in [-0.4, -0.2) is 24.4 Å². The van der Waals surface area contributed by atoms with Gasteiger partial charge in [0, 0.05) is 19.5 Å². The van der Waals surface area contributed by atoms with Crippen molar-refractivity contribution in [1.29, 1.82) is 0 Å². The first kappa shape index (κ1) is 18.6. The van der Waals surface area contributed by atoms with Gasteiger partial charge >= 0.3 is 0 Å². The Morgan fingerprint density at radius 1 is 1.12 bits per heavy atom. The number of fused-ring (bicyclic) bond motifs is 1. The van der Waals surface area contributed by atoms with Crippen LogP contribution in [0.2, 0.25) is 0 Å². The standard InChI is InChI=1S/C19H23NO3.ClH/c1-14-10-17-11-16(4-7-19(17)23-14)13-20-12-15-2-5-18(6-3-15)22-9-8-21;/h2-7,11,14,20-21H,8-10,12-13H2,1H3;1H. The third-order valence-electron chi connectivity index (χ3n) is 3.90. The summed E-state index contributed by atoms with van der Waals surface area (Å²) in [6.45, 7) is 4.12. The molecule has 0 saturated carbocycles. The molecule has 0 radical (unpaired) electrons. The Balaban J connectivity index is 0.00000208. The minimum atomic E-state index is 0. The molecule has 4 nitrogen and oxygen atoms in total. The zero-order chi connectivity index (χ0) is 16.1. The van der Waals surface area contributed by atoms with Gasteiger partial charge in [-0.25, -0.2) is 0 Å². The van der Waals surface area contributed by atoms with E-state index in [0.717, 1.165) is 31.0 Å². The smallest absolute Gasteiger partial charge is 0.123 e. The van der Waals surface area contributed by atoms with Gasteiger partial charge in [0.05, 0.1) is 6.61 Å². The van der Waals surface area contributed by atoms with Crippen molar-refractivity contribution in [2.24, 2.45) is 0 Å². The van der Waals surface area contributed by atoms with Crippen LogP contribution >= 0.6 is 12.4 Å². The van der Waals surface area contributed by atoms with Crippen LogP contribution in [0.25, 0.3) is 0 Å². The van der Waals surface area contributed by atoms with E-state index in [4.69, 9.17) is 14.6 Å². The van der Waals surface area contributed by atoms with Crippen LogP contribution in [0.3, 0.4) is 0 Å². The monoisotopic (exact) mass is 349 g/mol. The molecule has 0 amide bonds. The molecular formula is C19H24ClNO3. The quantitative estimate of drug-likeness (QED) is 0.806. The van der Waals surface area contributed by atoms with Crippen molar-refractivity contribution in [3.63, 3.8) is 0 Å². The Bertz CT molecular complexity index is 646. The molecule has 1 unspecified atom stereocenters. The normalized spacial score (nSPS) is 15.3. The largest absolute Gasteiger partial charge is 0.491 e. The fourth-order valence-corrected chi connectivity index (χ4v) is 2.80. The molecule has 0 fully saturated rings. The number of ether oxygens (including phenoxy) is 2. The lowest BCUT2D eigenvalue weighted by Crippen LogP contribution is -2.12. The molecule has 1 aliphatic rings. The van der Waals surface area contributed by atoms with Gasteiger partial charge in [-0.3, -0.25) is 0 Å². The number of aliphatic hydroxyl groups excluding tert-OH is 1. The second-order valence-electron chi connectivity index (χ2n) is 5.89. The molecule has 1 aliphatic heterocycles. The fraction of sp³-hybridized carbons (Fsp3) is 0.368. The second-order valence-corrected chi connectivity index (χ2v) is 5.89. The zero-order valence-corrected chi connectivity index (χ0v) is 14.6. The topological polar surface area (TPSA) is 50.7 Å². The van der Waals surface area contributed by atoms with E-state index in [1.165, 1.54) is 16.7 Å². The highest BCUT2D eigenvalue weighted by Crippen LogP contribution is 2.29. The lowest BCUT2D eigenvalue weighted by Gasteiger charge is -2.08. The van der Waals surface area contributed by atoms with Crippen molar-refractivity contribution in [2.75, 3.05) is 13.2 Å². The van der Waals surface area contributed by atoms with Crippen molar-refractivity contribution < 1.29 is 14.6 Å². The van der Waals surface area contributed by atoms with E-state index >= 15 is 0 Å². The summed E-state index contributed by atoms with van der Waals surface area (Å²) in [5, 5.41) is 12.2. The van der Waals surface area contributed by atoms with Crippen molar-refractivity contribution >= 4 is 12.4 Å². The lowest BCUT2D eigenvalue weighted by atomic mass is 10.1. The van der Waals surface area contributed by atoms with Crippen LogP contribution in [0, 0.1) is 0 Å². The summed E-state index contributed by atoms with van der Waals surface area (Å²) < 4.78 is 11.1. The van der Waals surface area contributed by atoms with Gasteiger partial charge in [-0.2, -0.15) is 0 Å². The Morgan fingerprint density at radius 2 is 1.83 bits per heavy atom. The molecule has 0 saturated heterocycles. The van der Waals surface area contributed by atoms with Crippen LogP contribution in [0.1, 0.15) is 23.6 Å².